The summed E-state index contributed by atoms with van der Waals surface area (Å²) in [5, 5.41) is 3.93. The number of methoxy groups -OCH3 is 2. The first-order chi connectivity index (χ1) is 9.17. The molecule has 0 aromatic heterocycles. The summed E-state index contributed by atoms with van der Waals surface area (Å²) in [5.74, 6) is 3.84. The number of ether oxygens (including phenoxy) is 2. The molecule has 1 aromatic carbocycles. The second kappa shape index (κ2) is 7.93. The van der Waals surface area contributed by atoms with Crippen LogP contribution < -0.4 is 14.8 Å². The van der Waals surface area contributed by atoms with Crippen LogP contribution in [0.3, 0.4) is 0 Å². The van der Waals surface area contributed by atoms with Crippen molar-refractivity contribution in [1.29, 1.82) is 0 Å². The molecule has 0 amide bonds. The standard InChI is InChI=1S/C15H20ClNO2/c1-5-7-13(17-8-6-2)11-9-12(16)15(19-4)14(10-11)18-3/h1,9-10,13,17H,6-8H2,2-4H3. The lowest BCUT2D eigenvalue weighted by Crippen LogP contribution is -2.21. The zero-order chi connectivity index (χ0) is 14.3. The van der Waals surface area contributed by atoms with Crippen molar-refractivity contribution in [2.75, 3.05) is 20.8 Å². The predicted molar refractivity (Wildman–Crippen MR) is 79.0 cm³/mol. The van der Waals surface area contributed by atoms with E-state index < -0.39 is 0 Å². The van der Waals surface area contributed by atoms with Gasteiger partial charge in [0.15, 0.2) is 11.5 Å². The van der Waals surface area contributed by atoms with Gasteiger partial charge in [0.25, 0.3) is 0 Å². The van der Waals surface area contributed by atoms with Gasteiger partial charge in [-0.05, 0) is 30.7 Å². The molecule has 0 fully saturated rings. The first kappa shape index (κ1) is 15.7. The first-order valence-electron chi connectivity index (χ1n) is 6.26. The van der Waals surface area contributed by atoms with Gasteiger partial charge in [0, 0.05) is 12.5 Å². The third-order valence-corrected chi connectivity index (χ3v) is 3.10. The summed E-state index contributed by atoms with van der Waals surface area (Å²) < 4.78 is 10.5. The Morgan fingerprint density at radius 2 is 2.11 bits per heavy atom. The topological polar surface area (TPSA) is 30.5 Å². The summed E-state index contributed by atoms with van der Waals surface area (Å²) in [6.45, 7) is 3.01. The molecule has 1 N–H and O–H groups in total. The zero-order valence-electron chi connectivity index (χ0n) is 11.6. The molecule has 0 radical (unpaired) electrons. The molecule has 0 aliphatic rings. The van der Waals surface area contributed by atoms with Gasteiger partial charge in [-0.15, -0.1) is 12.3 Å². The number of rotatable bonds is 7. The van der Waals surface area contributed by atoms with E-state index >= 15 is 0 Å². The molecule has 0 saturated carbocycles. The van der Waals surface area contributed by atoms with Crippen LogP contribution in [0.15, 0.2) is 12.1 Å². The van der Waals surface area contributed by atoms with Crippen LogP contribution in [-0.4, -0.2) is 20.8 Å². The lowest BCUT2D eigenvalue weighted by atomic mass is 10.0. The van der Waals surface area contributed by atoms with Crippen LogP contribution in [0.25, 0.3) is 0 Å². The van der Waals surface area contributed by atoms with E-state index in [2.05, 4.69) is 18.2 Å². The summed E-state index contributed by atoms with van der Waals surface area (Å²) in [4.78, 5) is 0. The summed E-state index contributed by atoms with van der Waals surface area (Å²) in [5.41, 5.74) is 1.01. The lowest BCUT2D eigenvalue weighted by molar-refractivity contribution is 0.354. The number of hydrogen-bond acceptors (Lipinski definition) is 3. The van der Waals surface area contributed by atoms with E-state index in [1.807, 2.05) is 12.1 Å². The second-order valence-electron chi connectivity index (χ2n) is 4.15. The maximum atomic E-state index is 6.21. The zero-order valence-corrected chi connectivity index (χ0v) is 12.4. The Morgan fingerprint density at radius 1 is 1.37 bits per heavy atom. The molecule has 1 atom stereocenters. The maximum Gasteiger partial charge on any atom is 0.179 e. The van der Waals surface area contributed by atoms with Crippen LogP contribution in [0.2, 0.25) is 5.02 Å². The summed E-state index contributed by atoms with van der Waals surface area (Å²) >= 11 is 6.21. The summed E-state index contributed by atoms with van der Waals surface area (Å²) in [6, 6.07) is 3.85. The van der Waals surface area contributed by atoms with Crippen LogP contribution in [0, 0.1) is 12.3 Å². The van der Waals surface area contributed by atoms with Crippen molar-refractivity contribution in [3.05, 3.63) is 22.7 Å². The summed E-state index contributed by atoms with van der Waals surface area (Å²) in [6.07, 6.45) is 7.07. The largest absolute Gasteiger partial charge is 0.493 e. The summed E-state index contributed by atoms with van der Waals surface area (Å²) in [7, 11) is 3.16. The Kier molecular flexibility index (Phi) is 6.55. The Bertz CT molecular complexity index is 454. The molecule has 0 aliphatic carbocycles. The Morgan fingerprint density at radius 3 is 2.63 bits per heavy atom. The highest BCUT2D eigenvalue weighted by Gasteiger charge is 2.16. The lowest BCUT2D eigenvalue weighted by Gasteiger charge is -2.19. The molecule has 0 bridgehead atoms. The monoisotopic (exact) mass is 281 g/mol. The average molecular weight is 282 g/mol. The van der Waals surface area contributed by atoms with Crippen molar-refractivity contribution in [2.45, 2.75) is 25.8 Å². The molecule has 4 heteroatoms. The smallest absolute Gasteiger partial charge is 0.179 e. The first-order valence-corrected chi connectivity index (χ1v) is 6.63. The normalized spacial score (nSPS) is 11.7. The average Bonchev–Trinajstić information content (AvgIpc) is 2.42. The number of halogens is 1. The van der Waals surface area contributed by atoms with Crippen LogP contribution in [0.5, 0.6) is 11.5 Å². The van der Waals surface area contributed by atoms with Gasteiger partial charge in [-0.3, -0.25) is 0 Å². The van der Waals surface area contributed by atoms with E-state index in [9.17, 15) is 0 Å². The molecule has 1 aromatic rings. The number of terminal acetylenes is 1. The SMILES string of the molecule is C#CCC(NCCC)c1cc(Cl)c(OC)c(OC)c1. The van der Waals surface area contributed by atoms with Gasteiger partial charge in [0.2, 0.25) is 0 Å². The molecule has 1 unspecified atom stereocenters. The van der Waals surface area contributed by atoms with Crippen LogP contribution in [-0.2, 0) is 0 Å². The molecule has 0 saturated heterocycles. The molecule has 0 heterocycles. The fourth-order valence-electron chi connectivity index (χ4n) is 1.88. The molecule has 3 nitrogen and oxygen atoms in total. The molecule has 1 rings (SSSR count). The van der Waals surface area contributed by atoms with E-state index in [-0.39, 0.29) is 6.04 Å². The van der Waals surface area contributed by atoms with E-state index in [0.29, 0.717) is 22.9 Å². The van der Waals surface area contributed by atoms with Crippen molar-refractivity contribution in [1.82, 2.24) is 5.32 Å². The van der Waals surface area contributed by atoms with E-state index in [0.717, 1.165) is 18.5 Å². The van der Waals surface area contributed by atoms with Gasteiger partial charge in [0.05, 0.1) is 19.2 Å². The minimum Gasteiger partial charge on any atom is -0.493 e. The quantitative estimate of drug-likeness (QED) is 0.777. The van der Waals surface area contributed by atoms with Gasteiger partial charge >= 0.3 is 0 Å². The molecule has 0 aliphatic heterocycles. The Labute approximate surface area is 120 Å². The van der Waals surface area contributed by atoms with Crippen LogP contribution in [0.4, 0.5) is 0 Å². The van der Waals surface area contributed by atoms with Crippen LogP contribution in [0.1, 0.15) is 31.4 Å². The van der Waals surface area contributed by atoms with E-state index in [1.165, 1.54) is 0 Å². The Balaban J connectivity index is 3.09. The van der Waals surface area contributed by atoms with Crippen LogP contribution >= 0.6 is 11.6 Å². The minimum atomic E-state index is 0.0715. The van der Waals surface area contributed by atoms with Gasteiger partial charge in [-0.2, -0.15) is 0 Å². The van der Waals surface area contributed by atoms with Crippen molar-refractivity contribution < 1.29 is 9.47 Å². The van der Waals surface area contributed by atoms with Gasteiger partial charge < -0.3 is 14.8 Å². The third-order valence-electron chi connectivity index (χ3n) is 2.82. The highest BCUT2D eigenvalue weighted by Crippen LogP contribution is 2.38. The molecule has 104 valence electrons. The van der Waals surface area contributed by atoms with Gasteiger partial charge in [0.1, 0.15) is 0 Å². The van der Waals surface area contributed by atoms with Gasteiger partial charge in [-0.1, -0.05) is 18.5 Å². The molecule has 19 heavy (non-hydrogen) atoms. The number of hydrogen-bond donors (Lipinski definition) is 1. The number of nitrogens with one attached hydrogen (secondary N) is 1. The minimum absolute atomic E-state index is 0.0715. The predicted octanol–water partition coefficient (Wildman–Crippen LogP) is 3.42. The second-order valence-corrected chi connectivity index (χ2v) is 4.56. The van der Waals surface area contributed by atoms with Crippen molar-refractivity contribution >= 4 is 11.6 Å². The molecular weight excluding hydrogens is 262 g/mol. The fraction of sp³-hybridized carbons (Fsp3) is 0.467. The van der Waals surface area contributed by atoms with E-state index in [4.69, 9.17) is 27.5 Å². The molecule has 0 spiro atoms. The van der Waals surface area contributed by atoms with Crippen molar-refractivity contribution in [3.8, 4) is 23.8 Å². The van der Waals surface area contributed by atoms with Crippen molar-refractivity contribution in [3.63, 3.8) is 0 Å². The van der Waals surface area contributed by atoms with Crippen molar-refractivity contribution in [2.24, 2.45) is 0 Å². The molecular formula is C15H20ClNO2. The maximum absolute atomic E-state index is 6.21. The third kappa shape index (κ3) is 4.05. The fourth-order valence-corrected chi connectivity index (χ4v) is 2.18. The number of benzene rings is 1. The highest BCUT2D eigenvalue weighted by molar-refractivity contribution is 6.32. The Hall–Kier alpha value is -1.37. The highest BCUT2D eigenvalue weighted by atomic mass is 35.5. The van der Waals surface area contributed by atoms with Gasteiger partial charge in [-0.25, -0.2) is 0 Å². The van der Waals surface area contributed by atoms with E-state index in [1.54, 1.807) is 14.2 Å².